The predicted molar refractivity (Wildman–Crippen MR) is 218 cm³/mol. The van der Waals surface area contributed by atoms with Crippen molar-refractivity contribution in [1.29, 1.82) is 0 Å². The van der Waals surface area contributed by atoms with Gasteiger partial charge in [0.1, 0.15) is 5.75 Å². The number of nitrogens with one attached hydrogen (secondary N) is 1. The van der Waals surface area contributed by atoms with Gasteiger partial charge in [-0.15, -0.1) is 0 Å². The van der Waals surface area contributed by atoms with Crippen molar-refractivity contribution < 1.29 is 60.2 Å². The van der Waals surface area contributed by atoms with Crippen molar-refractivity contribution in [2.45, 2.75) is 73.4 Å². The normalized spacial score (nSPS) is 13.4. The molecule has 4 rings (SSSR count). The first-order valence-corrected chi connectivity index (χ1v) is 19.0. The van der Waals surface area contributed by atoms with Crippen LogP contribution in [0.1, 0.15) is 84.4 Å². The molecule has 0 radical (unpaired) electrons. The quantitative estimate of drug-likeness (QED) is 0.0204. The molecular formula is C40H36BF7N6O10. The van der Waals surface area contributed by atoms with Crippen LogP contribution in [0.5, 0.6) is 5.75 Å². The van der Waals surface area contributed by atoms with E-state index in [0.29, 0.717) is 6.08 Å². The molecule has 0 amide bonds. The van der Waals surface area contributed by atoms with Crippen LogP contribution in [0.2, 0.25) is 0 Å². The van der Waals surface area contributed by atoms with Crippen LogP contribution >= 0.6 is 0 Å². The highest BCUT2D eigenvalue weighted by Gasteiger charge is 2.36. The molecule has 0 saturated carbocycles. The fourth-order valence-electron chi connectivity index (χ4n) is 7.18. The Morgan fingerprint density at radius 3 is 1.94 bits per heavy atom. The zero-order chi connectivity index (χ0) is 48.2. The van der Waals surface area contributed by atoms with E-state index < -0.39 is 131 Å². The van der Waals surface area contributed by atoms with Gasteiger partial charge in [0.2, 0.25) is 18.4 Å². The van der Waals surface area contributed by atoms with Gasteiger partial charge in [0.15, 0.2) is 23.3 Å². The predicted octanol–water partition coefficient (Wildman–Crippen LogP) is 7.35. The average Bonchev–Trinajstić information content (AvgIpc) is 3.70. The molecule has 0 aliphatic rings. The Kier molecular flexibility index (Phi) is 15.2. The third kappa shape index (κ3) is 9.49. The van der Waals surface area contributed by atoms with Crippen molar-refractivity contribution in [3.63, 3.8) is 0 Å². The number of carbonyl (C=O) groups is 1. The third-order valence-corrected chi connectivity index (χ3v) is 10.3. The van der Waals surface area contributed by atoms with Crippen molar-refractivity contribution in [3.8, 4) is 5.75 Å². The number of phenolic OH excluding ortho intramolecular Hbond substituents is 1. The van der Waals surface area contributed by atoms with E-state index in [1.165, 1.54) is 33.8 Å². The van der Waals surface area contributed by atoms with E-state index in [1.807, 2.05) is 0 Å². The standard InChI is InChI=1S/C40H36BF7N6O10/c1-7-21(40(56)29(54(63)64)14-18(4)52(59)60)10-12-27-25(8-2)19(5)37(49-27)31(30-32(42)34(44)36(46)35(45)33(30)43)38-20(6)26(9-3)28(51(38)41(47)48)13-11-22-15-24(53(61)62)16-23(39(22)55)17-50(57)58/h10-16,18,49,55H,7-9,17H2,1-6H3/b13-11+,21-10?,27-12?,29-14+,37-31-. The smallest absolute Gasteiger partial charge is 0.507 e. The minimum Gasteiger partial charge on any atom is -0.507 e. The molecule has 0 fully saturated rings. The lowest BCUT2D eigenvalue weighted by atomic mass is 9.94. The van der Waals surface area contributed by atoms with Crippen molar-refractivity contribution >= 4 is 42.7 Å². The molecule has 1 unspecified atom stereocenters. The number of nitro benzene ring substituents is 1. The fraction of sp³-hybridized carbons (Fsp3) is 0.275. The molecular weight excluding hydrogens is 868 g/mol. The Morgan fingerprint density at radius 2 is 1.45 bits per heavy atom. The fourth-order valence-corrected chi connectivity index (χ4v) is 7.18. The first-order chi connectivity index (χ1) is 29.9. The first-order valence-electron chi connectivity index (χ1n) is 19.0. The summed E-state index contributed by atoms with van der Waals surface area (Å²) in [5.41, 5.74) is -6.86. The number of ketones is 1. The zero-order valence-corrected chi connectivity index (χ0v) is 34.5. The molecule has 0 aliphatic heterocycles. The number of carbonyl (C=O) groups excluding carboxylic acids is 1. The van der Waals surface area contributed by atoms with E-state index in [1.54, 1.807) is 6.92 Å². The van der Waals surface area contributed by atoms with Crippen molar-refractivity contribution in [1.82, 2.24) is 9.46 Å². The van der Waals surface area contributed by atoms with E-state index in [-0.39, 0.29) is 56.9 Å². The van der Waals surface area contributed by atoms with Crippen LogP contribution in [0.3, 0.4) is 0 Å². The van der Waals surface area contributed by atoms with Gasteiger partial charge in [-0.05, 0) is 73.6 Å². The van der Waals surface area contributed by atoms with E-state index in [2.05, 4.69) is 4.98 Å². The molecule has 0 saturated heterocycles. The van der Waals surface area contributed by atoms with Crippen LogP contribution in [0, 0.1) is 83.4 Å². The Bertz CT molecular complexity index is 2820. The maximum absolute atomic E-state index is 16.1. The molecule has 338 valence electrons. The highest BCUT2D eigenvalue weighted by Crippen LogP contribution is 2.38. The number of hydrogen-bond acceptors (Lipinski definition) is 10. The lowest BCUT2D eigenvalue weighted by Crippen LogP contribution is -2.25. The highest BCUT2D eigenvalue weighted by atomic mass is 19.2. The molecule has 64 heavy (non-hydrogen) atoms. The van der Waals surface area contributed by atoms with Gasteiger partial charge < -0.3 is 14.6 Å². The number of nitro groups is 4. The minimum absolute atomic E-state index is 0.00912. The van der Waals surface area contributed by atoms with Crippen LogP contribution in [0.15, 0.2) is 35.6 Å². The molecule has 0 spiro atoms. The number of aromatic amines is 1. The summed E-state index contributed by atoms with van der Waals surface area (Å²) in [6, 6.07) is -0.116. The Hall–Kier alpha value is -7.40. The number of halogens is 7. The summed E-state index contributed by atoms with van der Waals surface area (Å²) in [5, 5.41) is 56.2. The summed E-state index contributed by atoms with van der Waals surface area (Å²) >= 11 is 0. The first kappa shape index (κ1) is 49.3. The van der Waals surface area contributed by atoms with Gasteiger partial charge in [-0.3, -0.25) is 53.9 Å². The van der Waals surface area contributed by atoms with Gasteiger partial charge in [0.25, 0.3) is 11.5 Å². The van der Waals surface area contributed by atoms with Gasteiger partial charge in [-0.25, -0.2) is 22.0 Å². The van der Waals surface area contributed by atoms with Crippen molar-refractivity contribution in [2.75, 3.05) is 0 Å². The lowest BCUT2D eigenvalue weighted by molar-refractivity contribution is -0.507. The number of nitrogens with zero attached hydrogens (tertiary/aromatic N) is 5. The van der Waals surface area contributed by atoms with E-state index >= 15 is 26.2 Å². The second kappa shape index (κ2) is 19.8. The number of H-pyrrole nitrogens is 1. The number of aromatic nitrogens is 2. The number of hydrogen-bond donors (Lipinski definition) is 2. The monoisotopic (exact) mass is 904 g/mol. The molecule has 0 bridgehead atoms. The van der Waals surface area contributed by atoms with Gasteiger partial charge in [0.05, 0.1) is 32.4 Å². The maximum Gasteiger partial charge on any atom is 0.678 e. The summed E-state index contributed by atoms with van der Waals surface area (Å²) < 4.78 is 108. The van der Waals surface area contributed by atoms with E-state index in [0.717, 1.165) is 37.3 Å². The maximum atomic E-state index is 16.1. The molecule has 16 nitrogen and oxygen atoms in total. The number of non-ortho nitro benzene ring substituents is 1. The number of phenols is 1. The number of allylic oxidation sites excluding steroid dienone is 2. The summed E-state index contributed by atoms with van der Waals surface area (Å²) in [5.74, 6) is -14.3. The molecule has 4 aromatic rings. The van der Waals surface area contributed by atoms with Crippen molar-refractivity contribution in [3.05, 3.63) is 166 Å². The average molecular weight is 905 g/mol. The molecule has 2 aromatic heterocycles. The molecule has 2 heterocycles. The largest absolute Gasteiger partial charge is 0.678 e. The third-order valence-electron chi connectivity index (χ3n) is 10.3. The molecule has 24 heteroatoms. The molecule has 2 aromatic carbocycles. The van der Waals surface area contributed by atoms with E-state index in [9.17, 15) is 54.7 Å². The van der Waals surface area contributed by atoms with Crippen LogP contribution in [-0.4, -0.2) is 53.5 Å². The van der Waals surface area contributed by atoms with Crippen LogP contribution in [0.4, 0.5) is 36.3 Å². The number of Topliss-reactive ketones (excluding diaryl/α,β-unsaturated/α-hetero) is 1. The SMILES string of the molecule is CCC(=CC=c1[nH]/c(=C(/c2c(F)c(F)c(F)c(F)c2F)c2c(C)c(CC)c(/C=C/c3cc([N+](=O)[O-])cc(C[N+](=O)[O-])c3O)n2B(F)F)c(C)c1CC)C(=O)/C(=C\C(C)[N+](=O)[O-])[N+](=O)[O-]. The number of benzene rings is 2. The van der Waals surface area contributed by atoms with Gasteiger partial charge >= 0.3 is 13.1 Å². The Labute approximate surface area is 357 Å². The lowest BCUT2D eigenvalue weighted by Gasteiger charge is -2.16. The van der Waals surface area contributed by atoms with Crippen LogP contribution < -0.4 is 10.7 Å². The second-order valence-corrected chi connectivity index (χ2v) is 14.0. The zero-order valence-electron chi connectivity index (χ0n) is 34.5. The molecule has 2 N–H and O–H groups in total. The van der Waals surface area contributed by atoms with Crippen LogP contribution in [-0.2, 0) is 24.2 Å². The molecule has 1 atom stereocenters. The summed E-state index contributed by atoms with van der Waals surface area (Å²) in [7, 11) is -3.66. The number of aromatic hydroxyl groups is 1. The Morgan fingerprint density at radius 1 is 0.875 bits per heavy atom. The van der Waals surface area contributed by atoms with Crippen LogP contribution in [0.25, 0.3) is 23.8 Å². The van der Waals surface area contributed by atoms with Gasteiger partial charge in [-0.1, -0.05) is 26.8 Å². The Balaban J connectivity index is 2.24. The summed E-state index contributed by atoms with van der Waals surface area (Å²) in [6.45, 7) is 6.94. The summed E-state index contributed by atoms with van der Waals surface area (Å²) in [4.78, 5) is 58.1. The van der Waals surface area contributed by atoms with E-state index in [4.69, 9.17) is 0 Å². The summed E-state index contributed by atoms with van der Waals surface area (Å²) in [6.07, 6.45) is 4.35. The topological polar surface area (TPSA) is 231 Å². The molecule has 0 aliphatic carbocycles. The van der Waals surface area contributed by atoms with Crippen molar-refractivity contribution in [2.24, 2.45) is 0 Å². The van der Waals surface area contributed by atoms with Gasteiger partial charge in [-0.2, -0.15) is 0 Å². The van der Waals surface area contributed by atoms with Gasteiger partial charge in [0, 0.05) is 62.3 Å². The number of rotatable bonds is 17. The highest BCUT2D eigenvalue weighted by molar-refractivity contribution is 6.42. The second-order valence-electron chi connectivity index (χ2n) is 14.0. The minimum atomic E-state index is -3.66.